The molecule has 0 aromatic heterocycles. The molecular formula is C29H43ClSi3Zr. The molecule has 0 amide bonds. The molecule has 2 aromatic carbocycles. The largest absolute Gasteiger partial charge is 0.130 e. The first-order chi connectivity index (χ1) is 15.7. The average molecular weight is 603 g/mol. The molecule has 0 saturated heterocycles. The van der Waals surface area contributed by atoms with Crippen LogP contribution >= 0.6 is 11.6 Å². The van der Waals surface area contributed by atoms with Gasteiger partial charge in [-0.3, -0.25) is 0 Å². The van der Waals surface area contributed by atoms with Gasteiger partial charge in [-0.25, -0.2) is 0 Å². The number of alkyl halides is 1. The SMILES string of the molecule is CC1=Cc2ccccc2[CH]1[Zr]([CH]1C(C)=Cc2ccccc21)=[Si](C)C.C[Si](C)(C)C(Cl)[Si](C)(C)C. The third-order valence-corrected chi connectivity index (χ3v) is 39.1. The van der Waals surface area contributed by atoms with Crippen LogP contribution in [0.1, 0.15) is 43.4 Å². The van der Waals surface area contributed by atoms with Crippen molar-refractivity contribution in [2.75, 3.05) is 0 Å². The van der Waals surface area contributed by atoms with E-state index in [1.807, 2.05) is 0 Å². The Morgan fingerprint density at radius 1 is 0.706 bits per heavy atom. The van der Waals surface area contributed by atoms with Crippen molar-refractivity contribution in [2.45, 2.75) is 78.1 Å². The van der Waals surface area contributed by atoms with Crippen molar-refractivity contribution >= 4 is 45.3 Å². The second-order valence-electron chi connectivity index (χ2n) is 12.5. The van der Waals surface area contributed by atoms with Crippen LogP contribution in [0.15, 0.2) is 59.7 Å². The topological polar surface area (TPSA) is 0 Å². The van der Waals surface area contributed by atoms with Gasteiger partial charge in [-0.1, -0.05) is 39.3 Å². The van der Waals surface area contributed by atoms with E-state index < -0.39 is 36.5 Å². The molecular weight excluding hydrogens is 559 g/mol. The van der Waals surface area contributed by atoms with Crippen molar-refractivity contribution < 1.29 is 20.4 Å². The average Bonchev–Trinajstić information content (AvgIpc) is 3.23. The van der Waals surface area contributed by atoms with E-state index in [0.29, 0.717) is 4.62 Å². The van der Waals surface area contributed by atoms with Gasteiger partial charge in [0.05, 0.1) is 16.1 Å². The molecule has 2 aliphatic rings. The summed E-state index contributed by atoms with van der Waals surface area (Å²) in [5, 5.41) is 0. The number of benzene rings is 2. The minimum Gasteiger partial charge on any atom is -0.130 e. The Kier molecular flexibility index (Phi) is 9.17. The summed E-state index contributed by atoms with van der Waals surface area (Å²) < 4.78 is 2.05. The van der Waals surface area contributed by atoms with Gasteiger partial charge in [0, 0.05) is 4.62 Å². The monoisotopic (exact) mass is 600 g/mol. The first-order valence-corrected chi connectivity index (χ1v) is 29.2. The van der Waals surface area contributed by atoms with E-state index in [1.165, 1.54) is 11.1 Å². The predicted octanol–water partition coefficient (Wildman–Crippen LogP) is 9.52. The van der Waals surface area contributed by atoms with Crippen molar-refractivity contribution in [1.82, 2.24) is 0 Å². The summed E-state index contributed by atoms with van der Waals surface area (Å²) in [5.41, 5.74) is 9.22. The molecule has 34 heavy (non-hydrogen) atoms. The van der Waals surface area contributed by atoms with Gasteiger partial charge >= 0.3 is 154 Å². The molecule has 0 N–H and O–H groups in total. The number of fused-ring (bicyclic) bond motifs is 2. The fourth-order valence-electron chi connectivity index (χ4n) is 5.83. The molecule has 2 aromatic rings. The fraction of sp³-hybridized carbons (Fsp3) is 0.448. The summed E-state index contributed by atoms with van der Waals surface area (Å²) in [7, 11) is -2.14. The summed E-state index contributed by atoms with van der Waals surface area (Å²) in [6.07, 6.45) is 4.93. The summed E-state index contributed by atoms with van der Waals surface area (Å²) in [6, 6.07) is 18.3. The van der Waals surface area contributed by atoms with Crippen LogP contribution in [-0.2, 0) is 20.4 Å². The van der Waals surface area contributed by atoms with Crippen LogP contribution in [0, 0.1) is 0 Å². The van der Waals surface area contributed by atoms with Crippen LogP contribution in [0.3, 0.4) is 0 Å². The third kappa shape index (κ3) is 6.17. The Balaban J connectivity index is 0.000000277. The van der Waals surface area contributed by atoms with E-state index in [-0.39, 0.29) is 5.43 Å². The van der Waals surface area contributed by atoms with E-state index >= 15 is 0 Å². The molecule has 0 nitrogen and oxygen atoms in total. The van der Waals surface area contributed by atoms with Crippen LogP contribution in [0.2, 0.25) is 52.4 Å². The van der Waals surface area contributed by atoms with Gasteiger partial charge in [0.15, 0.2) is 0 Å². The minimum atomic E-state index is -1.76. The number of hydrogen-bond donors (Lipinski definition) is 0. The standard InChI is InChI=1S/2C10H9.C7H19ClSi2.C2H6Si.Zr/c2*1-8-6-9-4-2-3-5-10(9)7-8;1-9(2,3)7(8)10(4,5)6;1-3-2;/h2*2-7H,1H3;7H,1-6H3;1-2H3;. The van der Waals surface area contributed by atoms with Gasteiger partial charge < -0.3 is 0 Å². The van der Waals surface area contributed by atoms with E-state index in [9.17, 15) is 0 Å². The molecule has 2 unspecified atom stereocenters. The molecule has 0 spiro atoms. The number of allylic oxidation sites excluding steroid dienone is 2. The number of hydrogen-bond acceptors (Lipinski definition) is 0. The van der Waals surface area contributed by atoms with E-state index in [4.69, 9.17) is 11.6 Å². The van der Waals surface area contributed by atoms with Crippen LogP contribution in [-0.4, -0.2) is 26.2 Å². The van der Waals surface area contributed by atoms with Crippen molar-refractivity contribution in [1.29, 1.82) is 0 Å². The van der Waals surface area contributed by atoms with E-state index in [0.717, 1.165) is 7.25 Å². The first kappa shape index (κ1) is 28.3. The summed E-state index contributed by atoms with van der Waals surface area (Å²) in [5.74, 6) is 0. The first-order valence-electron chi connectivity index (χ1n) is 12.6. The molecule has 0 fully saturated rings. The summed E-state index contributed by atoms with van der Waals surface area (Å²) >= 11 is 4.60. The third-order valence-electron chi connectivity index (χ3n) is 7.01. The summed E-state index contributed by atoms with van der Waals surface area (Å²) in [6.45, 7) is 24.0. The van der Waals surface area contributed by atoms with Gasteiger partial charge in [-0.15, -0.1) is 11.6 Å². The smallest absolute Gasteiger partial charge is 0.0613 e. The molecule has 5 heteroatoms. The van der Waals surface area contributed by atoms with Crippen LogP contribution in [0.4, 0.5) is 0 Å². The maximum Gasteiger partial charge on any atom is 0.0613 e. The van der Waals surface area contributed by atoms with Gasteiger partial charge in [-0.2, -0.15) is 0 Å². The van der Waals surface area contributed by atoms with Crippen molar-refractivity contribution in [3.63, 3.8) is 0 Å². The van der Waals surface area contributed by atoms with Gasteiger partial charge in [-0.05, 0) is 0 Å². The molecule has 0 saturated carbocycles. The Morgan fingerprint density at radius 3 is 1.35 bits per heavy atom. The minimum absolute atomic E-state index is 0.272. The van der Waals surface area contributed by atoms with Gasteiger partial charge in [0.1, 0.15) is 0 Å². The van der Waals surface area contributed by atoms with Crippen molar-refractivity contribution in [2.24, 2.45) is 0 Å². The van der Waals surface area contributed by atoms with Crippen LogP contribution < -0.4 is 0 Å². The summed E-state index contributed by atoms with van der Waals surface area (Å²) in [4.78, 5) is 0. The Bertz CT molecular complexity index is 1060. The zero-order chi connectivity index (χ0) is 25.4. The van der Waals surface area contributed by atoms with Crippen LogP contribution in [0.5, 0.6) is 0 Å². The maximum atomic E-state index is 6.36. The fourth-order valence-corrected chi connectivity index (χ4v) is 37.0. The van der Waals surface area contributed by atoms with E-state index in [2.05, 4.69) is 127 Å². The maximum absolute atomic E-state index is 6.36. The van der Waals surface area contributed by atoms with Crippen LogP contribution in [0.25, 0.3) is 12.2 Å². The number of rotatable bonds is 4. The number of halogens is 1. The van der Waals surface area contributed by atoms with Crippen molar-refractivity contribution in [3.05, 3.63) is 81.9 Å². The molecule has 0 heterocycles. The molecule has 0 aliphatic heterocycles. The molecule has 0 bridgehead atoms. The van der Waals surface area contributed by atoms with Gasteiger partial charge in [0.25, 0.3) is 0 Å². The second kappa shape index (κ2) is 11.0. The quantitative estimate of drug-likeness (QED) is 0.242. The molecule has 0 radical (unpaired) electrons. The van der Waals surface area contributed by atoms with Crippen molar-refractivity contribution in [3.8, 4) is 0 Å². The van der Waals surface area contributed by atoms with Gasteiger partial charge in [0.2, 0.25) is 0 Å². The molecule has 2 atom stereocenters. The normalized spacial score (nSPS) is 19.1. The Labute approximate surface area is 224 Å². The zero-order valence-corrected chi connectivity index (χ0v) is 29.1. The predicted molar refractivity (Wildman–Crippen MR) is 159 cm³/mol. The Morgan fingerprint density at radius 2 is 1.06 bits per heavy atom. The molecule has 4 rings (SSSR count). The molecule has 182 valence electrons. The zero-order valence-electron chi connectivity index (χ0n) is 22.9. The van der Waals surface area contributed by atoms with E-state index in [1.54, 1.807) is 22.3 Å². The Hall–Kier alpha value is -0.256. The second-order valence-corrected chi connectivity index (χ2v) is 42.7. The molecule has 2 aliphatic carbocycles.